The molecule has 0 fully saturated rings. The third-order valence-corrected chi connectivity index (χ3v) is 5.33. The highest BCUT2D eigenvalue weighted by Gasteiger charge is 2.17. The molecule has 0 N–H and O–H groups in total. The molecule has 0 amide bonds. The summed E-state index contributed by atoms with van der Waals surface area (Å²) in [6, 6.07) is 23.4. The summed E-state index contributed by atoms with van der Waals surface area (Å²) in [5.41, 5.74) is 7.32. The molecule has 0 aliphatic rings. The van der Waals surface area contributed by atoms with Gasteiger partial charge in [0.15, 0.2) is 5.76 Å². The van der Waals surface area contributed by atoms with E-state index in [4.69, 9.17) is 14.0 Å². The van der Waals surface area contributed by atoms with Gasteiger partial charge in [-0.05, 0) is 41.3 Å². The number of carbonyl (C=O) groups excluding carboxylic acids is 1. The van der Waals surface area contributed by atoms with Crippen LogP contribution >= 0.6 is 0 Å². The van der Waals surface area contributed by atoms with Crippen LogP contribution in [0.25, 0.3) is 33.7 Å². The SMILES string of the molecule is COCc1c(-c2cc(-c3cccc(C(=O)OC)c3)no2)ccc(-c2ccccc2)c1C. The molecule has 0 spiro atoms. The third-order valence-electron chi connectivity index (χ3n) is 5.33. The Morgan fingerprint density at radius 2 is 1.65 bits per heavy atom. The fourth-order valence-corrected chi connectivity index (χ4v) is 3.71. The van der Waals surface area contributed by atoms with Gasteiger partial charge in [0.1, 0.15) is 5.69 Å². The second-order valence-electron chi connectivity index (χ2n) is 7.21. The molecule has 4 rings (SSSR count). The smallest absolute Gasteiger partial charge is 0.337 e. The van der Waals surface area contributed by atoms with E-state index in [1.165, 1.54) is 7.11 Å². The van der Waals surface area contributed by atoms with Crippen LogP contribution in [-0.4, -0.2) is 25.3 Å². The van der Waals surface area contributed by atoms with E-state index >= 15 is 0 Å². The van der Waals surface area contributed by atoms with Crippen LogP contribution in [0, 0.1) is 6.92 Å². The maximum Gasteiger partial charge on any atom is 0.337 e. The van der Waals surface area contributed by atoms with Gasteiger partial charge in [0.05, 0.1) is 19.3 Å². The van der Waals surface area contributed by atoms with E-state index in [-0.39, 0.29) is 5.97 Å². The molecular weight excluding hydrogens is 390 g/mol. The maximum atomic E-state index is 11.8. The van der Waals surface area contributed by atoms with Crippen molar-refractivity contribution in [2.75, 3.05) is 14.2 Å². The van der Waals surface area contributed by atoms with Crippen molar-refractivity contribution in [3.63, 3.8) is 0 Å². The summed E-state index contributed by atoms with van der Waals surface area (Å²) in [7, 11) is 3.05. The van der Waals surface area contributed by atoms with E-state index in [1.54, 1.807) is 25.3 Å². The van der Waals surface area contributed by atoms with Crippen molar-refractivity contribution < 1.29 is 18.8 Å². The Morgan fingerprint density at radius 1 is 0.903 bits per heavy atom. The van der Waals surface area contributed by atoms with Crippen LogP contribution in [0.3, 0.4) is 0 Å². The number of hydrogen-bond donors (Lipinski definition) is 0. The first-order chi connectivity index (χ1) is 15.1. The van der Waals surface area contributed by atoms with Crippen LogP contribution < -0.4 is 0 Å². The molecule has 0 radical (unpaired) electrons. The van der Waals surface area contributed by atoms with Crippen molar-refractivity contribution in [1.82, 2.24) is 5.16 Å². The Hall–Kier alpha value is -3.70. The van der Waals surface area contributed by atoms with Gasteiger partial charge < -0.3 is 14.0 Å². The predicted octanol–water partition coefficient (Wildman–Crippen LogP) is 5.92. The van der Waals surface area contributed by atoms with Crippen molar-refractivity contribution in [2.24, 2.45) is 0 Å². The lowest BCUT2D eigenvalue weighted by atomic mass is 9.92. The summed E-state index contributed by atoms with van der Waals surface area (Å²) < 4.78 is 16.0. The monoisotopic (exact) mass is 413 g/mol. The second-order valence-corrected chi connectivity index (χ2v) is 7.21. The average Bonchev–Trinajstić information content (AvgIpc) is 3.31. The summed E-state index contributed by atoms with van der Waals surface area (Å²) in [4.78, 5) is 11.8. The Balaban J connectivity index is 1.75. The largest absolute Gasteiger partial charge is 0.465 e. The number of hydrogen-bond acceptors (Lipinski definition) is 5. The van der Waals surface area contributed by atoms with Crippen molar-refractivity contribution >= 4 is 5.97 Å². The molecular formula is C26H23NO4. The Morgan fingerprint density at radius 3 is 2.39 bits per heavy atom. The molecule has 1 heterocycles. The summed E-state index contributed by atoms with van der Waals surface area (Å²) >= 11 is 0. The molecule has 0 bridgehead atoms. The molecule has 5 nitrogen and oxygen atoms in total. The first kappa shape index (κ1) is 20.6. The lowest BCUT2D eigenvalue weighted by molar-refractivity contribution is 0.0601. The van der Waals surface area contributed by atoms with Crippen LogP contribution in [0.1, 0.15) is 21.5 Å². The van der Waals surface area contributed by atoms with Crippen molar-refractivity contribution in [3.05, 3.63) is 89.5 Å². The van der Waals surface area contributed by atoms with Gasteiger partial charge >= 0.3 is 5.97 Å². The minimum Gasteiger partial charge on any atom is -0.465 e. The van der Waals surface area contributed by atoms with E-state index in [0.29, 0.717) is 23.6 Å². The Labute approximate surface area is 181 Å². The molecule has 3 aromatic carbocycles. The first-order valence-electron chi connectivity index (χ1n) is 9.95. The van der Waals surface area contributed by atoms with Gasteiger partial charge in [-0.2, -0.15) is 0 Å². The standard InChI is InChI=1S/C26H23NO4/c1-17-21(18-8-5-4-6-9-18)12-13-22(23(17)16-29-2)25-15-24(27-31-25)19-10-7-11-20(14-19)26(28)30-3/h4-15H,16H2,1-3H3. The lowest BCUT2D eigenvalue weighted by Crippen LogP contribution is -2.00. The number of esters is 1. The van der Waals surface area contributed by atoms with Gasteiger partial charge in [-0.15, -0.1) is 0 Å². The lowest BCUT2D eigenvalue weighted by Gasteiger charge is -2.15. The Kier molecular flexibility index (Phi) is 5.96. The first-order valence-corrected chi connectivity index (χ1v) is 9.95. The normalized spacial score (nSPS) is 10.8. The highest BCUT2D eigenvalue weighted by Crippen LogP contribution is 2.35. The minimum absolute atomic E-state index is 0.389. The molecule has 0 saturated carbocycles. The zero-order valence-electron chi connectivity index (χ0n) is 17.7. The average molecular weight is 413 g/mol. The summed E-state index contributed by atoms with van der Waals surface area (Å²) in [5, 5.41) is 4.23. The summed E-state index contributed by atoms with van der Waals surface area (Å²) in [5.74, 6) is 0.258. The number of carbonyl (C=O) groups is 1. The Bertz CT molecular complexity index is 1210. The van der Waals surface area contributed by atoms with E-state index in [0.717, 1.165) is 33.4 Å². The molecule has 0 aliphatic heterocycles. The van der Waals surface area contributed by atoms with Gasteiger partial charge in [-0.25, -0.2) is 4.79 Å². The minimum atomic E-state index is -0.389. The molecule has 5 heteroatoms. The van der Waals surface area contributed by atoms with Gasteiger partial charge in [0.2, 0.25) is 0 Å². The van der Waals surface area contributed by atoms with Crippen molar-refractivity contribution in [1.29, 1.82) is 0 Å². The topological polar surface area (TPSA) is 61.6 Å². The zero-order valence-corrected chi connectivity index (χ0v) is 17.7. The summed E-state index contributed by atoms with van der Waals surface area (Å²) in [6.45, 7) is 2.55. The molecule has 0 saturated heterocycles. The van der Waals surface area contributed by atoms with E-state index in [2.05, 4.69) is 30.3 Å². The highest BCUT2D eigenvalue weighted by atomic mass is 16.5. The molecule has 1 aromatic heterocycles. The van der Waals surface area contributed by atoms with Crippen LogP contribution in [-0.2, 0) is 16.1 Å². The second kappa shape index (κ2) is 8.98. The predicted molar refractivity (Wildman–Crippen MR) is 120 cm³/mol. The number of rotatable bonds is 6. The van der Waals surface area contributed by atoms with E-state index in [9.17, 15) is 4.79 Å². The summed E-state index contributed by atoms with van der Waals surface area (Å²) in [6.07, 6.45) is 0. The molecule has 31 heavy (non-hydrogen) atoms. The number of nitrogens with zero attached hydrogens (tertiary/aromatic N) is 1. The van der Waals surface area contributed by atoms with Crippen LogP contribution in [0.2, 0.25) is 0 Å². The quantitative estimate of drug-likeness (QED) is 0.367. The molecule has 0 unspecified atom stereocenters. The number of aromatic nitrogens is 1. The number of methoxy groups -OCH3 is 2. The fourth-order valence-electron chi connectivity index (χ4n) is 3.71. The maximum absolute atomic E-state index is 11.8. The van der Waals surface area contributed by atoms with Crippen molar-refractivity contribution in [2.45, 2.75) is 13.5 Å². The van der Waals surface area contributed by atoms with Gasteiger partial charge in [0, 0.05) is 24.3 Å². The van der Waals surface area contributed by atoms with E-state index < -0.39 is 0 Å². The number of benzene rings is 3. The molecule has 156 valence electrons. The van der Waals surface area contributed by atoms with Crippen LogP contribution in [0.15, 0.2) is 77.3 Å². The van der Waals surface area contributed by atoms with Gasteiger partial charge in [-0.3, -0.25) is 0 Å². The van der Waals surface area contributed by atoms with Crippen LogP contribution in [0.4, 0.5) is 0 Å². The fraction of sp³-hybridized carbons (Fsp3) is 0.154. The van der Waals surface area contributed by atoms with Crippen molar-refractivity contribution in [3.8, 4) is 33.7 Å². The van der Waals surface area contributed by atoms with Crippen LogP contribution in [0.5, 0.6) is 0 Å². The van der Waals surface area contributed by atoms with Gasteiger partial charge in [-0.1, -0.05) is 59.8 Å². The third kappa shape index (κ3) is 4.13. The number of ether oxygens (including phenoxy) is 2. The molecule has 4 aromatic rings. The zero-order chi connectivity index (χ0) is 21.8. The van der Waals surface area contributed by atoms with E-state index in [1.807, 2.05) is 36.4 Å². The highest BCUT2D eigenvalue weighted by molar-refractivity contribution is 5.91. The van der Waals surface area contributed by atoms with Gasteiger partial charge in [0.25, 0.3) is 0 Å². The molecule has 0 aliphatic carbocycles. The molecule has 0 atom stereocenters.